The van der Waals surface area contributed by atoms with Crippen LogP contribution in [0.3, 0.4) is 0 Å². The van der Waals surface area contributed by atoms with Gasteiger partial charge in [-0.1, -0.05) is 18.2 Å². The zero-order chi connectivity index (χ0) is 17.2. The number of carbonyl (C=O) groups is 1. The van der Waals surface area contributed by atoms with Gasteiger partial charge in [-0.25, -0.2) is 4.68 Å². The summed E-state index contributed by atoms with van der Waals surface area (Å²) in [4.78, 5) is 12.3. The monoisotopic (exact) mass is 340 g/mol. The number of nitrogens with two attached hydrogens (primary N) is 1. The fourth-order valence-electron chi connectivity index (χ4n) is 3.80. The van der Waals surface area contributed by atoms with E-state index >= 15 is 0 Å². The fraction of sp³-hybridized carbons (Fsp3) is 0.474. The molecule has 6 heteroatoms. The molecule has 6 nitrogen and oxygen atoms in total. The van der Waals surface area contributed by atoms with E-state index in [0.29, 0.717) is 13.1 Å². The van der Waals surface area contributed by atoms with Crippen LogP contribution >= 0.6 is 0 Å². The molecule has 1 saturated heterocycles. The highest BCUT2D eigenvalue weighted by molar-refractivity contribution is 5.81. The normalized spacial score (nSPS) is 22.1. The lowest BCUT2D eigenvalue weighted by molar-refractivity contribution is -0.132. The number of fused-ring (bicyclic) bond motifs is 1. The van der Waals surface area contributed by atoms with E-state index in [-0.39, 0.29) is 18.1 Å². The molecule has 1 fully saturated rings. The molecule has 0 spiro atoms. The van der Waals surface area contributed by atoms with Crippen molar-refractivity contribution in [2.24, 2.45) is 5.73 Å². The van der Waals surface area contributed by atoms with Crippen LogP contribution in [0.2, 0.25) is 0 Å². The molecular weight excluding hydrogens is 316 g/mol. The molecule has 1 aromatic heterocycles. The number of ether oxygens (including phenoxy) is 1. The Hall–Kier alpha value is -2.18. The zero-order valence-corrected chi connectivity index (χ0v) is 14.3. The number of carbonyl (C=O) groups excluding carboxylic acids is 1. The highest BCUT2D eigenvalue weighted by Gasteiger charge is 2.30. The Kier molecular flexibility index (Phi) is 4.55. The van der Waals surface area contributed by atoms with E-state index in [4.69, 9.17) is 15.6 Å². The minimum absolute atomic E-state index is 0.0114. The first kappa shape index (κ1) is 16.3. The van der Waals surface area contributed by atoms with Gasteiger partial charge in [-0.3, -0.25) is 4.79 Å². The lowest BCUT2D eigenvalue weighted by Gasteiger charge is -2.12. The molecule has 0 unspecified atom stereocenters. The van der Waals surface area contributed by atoms with Crippen LogP contribution in [0.4, 0.5) is 0 Å². The SMILES string of the molecule is NC[C@H]1CC[C@@H](C(=O)NCc2nn(-c3ccccc3)c3c2CCC3)O1. The molecule has 2 aromatic rings. The van der Waals surface area contributed by atoms with Gasteiger partial charge in [0.2, 0.25) is 5.91 Å². The summed E-state index contributed by atoms with van der Waals surface area (Å²) in [6.45, 7) is 0.924. The quantitative estimate of drug-likeness (QED) is 0.864. The molecule has 0 bridgehead atoms. The van der Waals surface area contributed by atoms with Crippen molar-refractivity contribution in [2.75, 3.05) is 6.54 Å². The lowest BCUT2D eigenvalue weighted by atomic mass is 10.1. The summed E-state index contributed by atoms with van der Waals surface area (Å²) < 4.78 is 7.69. The first-order valence-electron chi connectivity index (χ1n) is 9.04. The fourth-order valence-corrected chi connectivity index (χ4v) is 3.80. The average Bonchev–Trinajstić information content (AvgIpc) is 3.37. The summed E-state index contributed by atoms with van der Waals surface area (Å²) in [5.41, 5.74) is 10.2. The number of amides is 1. The lowest BCUT2D eigenvalue weighted by Crippen LogP contribution is -2.35. The number of para-hydroxylation sites is 1. The Morgan fingerprint density at radius 2 is 2.12 bits per heavy atom. The maximum atomic E-state index is 12.3. The van der Waals surface area contributed by atoms with E-state index in [0.717, 1.165) is 43.5 Å². The third-order valence-electron chi connectivity index (χ3n) is 5.11. The first-order valence-corrected chi connectivity index (χ1v) is 9.04. The molecule has 1 aromatic carbocycles. The summed E-state index contributed by atoms with van der Waals surface area (Å²) in [6.07, 6.45) is 4.44. The highest BCUT2D eigenvalue weighted by Crippen LogP contribution is 2.28. The Morgan fingerprint density at radius 3 is 2.88 bits per heavy atom. The van der Waals surface area contributed by atoms with E-state index in [9.17, 15) is 4.79 Å². The maximum Gasteiger partial charge on any atom is 0.249 e. The van der Waals surface area contributed by atoms with Gasteiger partial charge in [-0.15, -0.1) is 0 Å². The summed E-state index contributed by atoms with van der Waals surface area (Å²) in [6, 6.07) is 10.2. The number of hydrogen-bond donors (Lipinski definition) is 2. The van der Waals surface area contributed by atoms with Gasteiger partial charge in [-0.2, -0.15) is 5.10 Å². The molecule has 132 valence electrons. The number of nitrogens with zero attached hydrogens (tertiary/aromatic N) is 2. The van der Waals surface area contributed by atoms with Crippen LogP contribution in [0.15, 0.2) is 30.3 Å². The second-order valence-corrected chi connectivity index (χ2v) is 6.75. The van der Waals surface area contributed by atoms with Gasteiger partial charge in [0.25, 0.3) is 0 Å². The summed E-state index contributed by atoms with van der Waals surface area (Å²) in [7, 11) is 0. The second-order valence-electron chi connectivity index (χ2n) is 6.75. The number of nitrogens with one attached hydrogen (secondary N) is 1. The number of benzene rings is 1. The Bertz CT molecular complexity index is 756. The maximum absolute atomic E-state index is 12.3. The topological polar surface area (TPSA) is 82.2 Å². The highest BCUT2D eigenvalue weighted by atomic mass is 16.5. The van der Waals surface area contributed by atoms with Gasteiger partial charge >= 0.3 is 0 Å². The third-order valence-corrected chi connectivity index (χ3v) is 5.11. The molecular formula is C19H24N4O2. The molecule has 1 aliphatic heterocycles. The first-order chi connectivity index (χ1) is 12.3. The molecule has 3 N–H and O–H groups in total. The molecule has 1 aliphatic carbocycles. The predicted octanol–water partition coefficient (Wildman–Crippen LogP) is 1.48. The van der Waals surface area contributed by atoms with Crippen LogP contribution in [0.5, 0.6) is 0 Å². The van der Waals surface area contributed by atoms with E-state index < -0.39 is 0 Å². The molecule has 2 aliphatic rings. The second kappa shape index (κ2) is 6.98. The standard InChI is InChI=1S/C19H24N4O2/c20-11-14-9-10-18(25-14)19(24)21-12-16-15-7-4-8-17(15)23(22-16)13-5-2-1-3-6-13/h1-3,5-6,14,18H,4,7-12,20H2,(H,21,24)/t14-,18+/m1/s1. The van der Waals surface area contributed by atoms with Crippen LogP contribution < -0.4 is 11.1 Å². The van der Waals surface area contributed by atoms with Crippen molar-refractivity contribution < 1.29 is 9.53 Å². The zero-order valence-electron chi connectivity index (χ0n) is 14.3. The molecule has 4 rings (SSSR count). The minimum atomic E-state index is -0.377. The predicted molar refractivity (Wildman–Crippen MR) is 94.4 cm³/mol. The molecule has 0 radical (unpaired) electrons. The van der Waals surface area contributed by atoms with Crippen molar-refractivity contribution in [3.8, 4) is 5.69 Å². The van der Waals surface area contributed by atoms with E-state index in [1.807, 2.05) is 22.9 Å². The number of rotatable bonds is 5. The minimum Gasteiger partial charge on any atom is -0.364 e. The van der Waals surface area contributed by atoms with Gasteiger partial charge in [0, 0.05) is 12.2 Å². The Balaban J connectivity index is 1.47. The van der Waals surface area contributed by atoms with Crippen LogP contribution in [0.25, 0.3) is 5.69 Å². The number of hydrogen-bond acceptors (Lipinski definition) is 4. The third kappa shape index (κ3) is 3.19. The van der Waals surface area contributed by atoms with Gasteiger partial charge in [0.05, 0.1) is 24.0 Å². The van der Waals surface area contributed by atoms with Crippen molar-refractivity contribution in [2.45, 2.75) is 50.9 Å². The van der Waals surface area contributed by atoms with Crippen molar-refractivity contribution in [1.29, 1.82) is 0 Å². The molecule has 0 saturated carbocycles. The van der Waals surface area contributed by atoms with Gasteiger partial charge in [0.1, 0.15) is 6.10 Å². The van der Waals surface area contributed by atoms with E-state index in [1.54, 1.807) is 0 Å². The Morgan fingerprint density at radius 1 is 1.28 bits per heavy atom. The molecule has 1 amide bonds. The van der Waals surface area contributed by atoms with Crippen molar-refractivity contribution in [1.82, 2.24) is 15.1 Å². The van der Waals surface area contributed by atoms with Crippen LogP contribution in [-0.4, -0.2) is 34.4 Å². The van der Waals surface area contributed by atoms with Crippen molar-refractivity contribution >= 4 is 5.91 Å². The van der Waals surface area contributed by atoms with Crippen LogP contribution in [0.1, 0.15) is 36.2 Å². The number of aromatic nitrogens is 2. The van der Waals surface area contributed by atoms with Gasteiger partial charge in [-0.05, 0) is 49.8 Å². The van der Waals surface area contributed by atoms with Crippen molar-refractivity contribution in [3.05, 3.63) is 47.3 Å². The molecule has 2 atom stereocenters. The van der Waals surface area contributed by atoms with Crippen LogP contribution in [-0.2, 0) is 28.9 Å². The largest absolute Gasteiger partial charge is 0.364 e. The molecule has 25 heavy (non-hydrogen) atoms. The summed E-state index contributed by atoms with van der Waals surface area (Å²) >= 11 is 0. The van der Waals surface area contributed by atoms with E-state index in [1.165, 1.54) is 11.3 Å². The summed E-state index contributed by atoms with van der Waals surface area (Å²) in [5.74, 6) is -0.0584. The van der Waals surface area contributed by atoms with Gasteiger partial charge in [0.15, 0.2) is 0 Å². The smallest absolute Gasteiger partial charge is 0.249 e. The Labute approximate surface area is 147 Å². The van der Waals surface area contributed by atoms with Crippen molar-refractivity contribution in [3.63, 3.8) is 0 Å². The van der Waals surface area contributed by atoms with Crippen LogP contribution in [0, 0.1) is 0 Å². The van der Waals surface area contributed by atoms with E-state index in [2.05, 4.69) is 17.4 Å². The summed E-state index contributed by atoms with van der Waals surface area (Å²) in [5, 5.41) is 7.77. The average molecular weight is 340 g/mol. The molecule has 2 heterocycles. The van der Waals surface area contributed by atoms with Gasteiger partial charge < -0.3 is 15.8 Å².